The Balaban J connectivity index is 2.16. The summed E-state index contributed by atoms with van der Waals surface area (Å²) in [6.45, 7) is 4.14. The lowest BCUT2D eigenvalue weighted by Gasteiger charge is -2.23. The number of aryl methyl sites for hydroxylation is 1. The number of rotatable bonds is 2. The number of nitrogens with one attached hydrogen (secondary N) is 1. The van der Waals surface area contributed by atoms with Gasteiger partial charge in [0.2, 0.25) is 0 Å². The van der Waals surface area contributed by atoms with Crippen molar-refractivity contribution in [2.45, 2.75) is 26.2 Å². The molecule has 1 aromatic carbocycles. The first-order valence-electron chi connectivity index (χ1n) is 5.82. The molecule has 0 aliphatic carbocycles. The molecule has 0 bridgehead atoms. The molecule has 1 saturated heterocycles. The molecule has 0 radical (unpaired) electrons. The van der Waals surface area contributed by atoms with Crippen LogP contribution in [0.25, 0.3) is 0 Å². The molecule has 1 nitrogen and oxygen atoms in total. The normalized spacial score (nSPS) is 17.7. The second kappa shape index (κ2) is 5.28. The van der Waals surface area contributed by atoms with E-state index in [9.17, 15) is 4.39 Å². The van der Waals surface area contributed by atoms with E-state index in [0.717, 1.165) is 48.0 Å². The van der Waals surface area contributed by atoms with Crippen molar-refractivity contribution < 1.29 is 4.39 Å². The lowest BCUT2D eigenvalue weighted by Crippen LogP contribution is -2.28. The first kappa shape index (κ1) is 12.1. The van der Waals surface area contributed by atoms with E-state index in [2.05, 4.69) is 21.2 Å². The second-order valence-corrected chi connectivity index (χ2v) is 5.35. The van der Waals surface area contributed by atoms with Gasteiger partial charge in [0.15, 0.2) is 0 Å². The molecule has 1 aromatic rings. The zero-order valence-corrected chi connectivity index (χ0v) is 11.1. The summed E-state index contributed by atoms with van der Waals surface area (Å²) in [5.74, 6) is 0.546. The van der Waals surface area contributed by atoms with Gasteiger partial charge in [0, 0.05) is 10.0 Å². The first-order chi connectivity index (χ1) is 7.68. The summed E-state index contributed by atoms with van der Waals surface area (Å²) in [6.07, 6.45) is 3.16. The highest BCUT2D eigenvalue weighted by atomic mass is 79.9. The summed E-state index contributed by atoms with van der Waals surface area (Å²) in [5.41, 5.74) is 1.97. The zero-order valence-electron chi connectivity index (χ0n) is 9.52. The number of hydrogen-bond acceptors (Lipinski definition) is 1. The van der Waals surface area contributed by atoms with Crippen LogP contribution in [0.1, 0.15) is 24.0 Å². The Bertz CT molecular complexity index is 372. The monoisotopic (exact) mass is 285 g/mol. The van der Waals surface area contributed by atoms with Gasteiger partial charge in [0.1, 0.15) is 5.82 Å². The molecular formula is C13H17BrFN. The van der Waals surface area contributed by atoms with Gasteiger partial charge < -0.3 is 5.32 Å². The van der Waals surface area contributed by atoms with Crippen molar-refractivity contribution in [2.75, 3.05) is 13.1 Å². The van der Waals surface area contributed by atoms with Gasteiger partial charge in [-0.3, -0.25) is 0 Å². The quantitative estimate of drug-likeness (QED) is 0.878. The molecule has 1 aliphatic heterocycles. The van der Waals surface area contributed by atoms with Gasteiger partial charge in [-0.15, -0.1) is 0 Å². The van der Waals surface area contributed by atoms with Crippen LogP contribution in [0.5, 0.6) is 0 Å². The minimum atomic E-state index is -0.0731. The average molecular weight is 286 g/mol. The zero-order chi connectivity index (χ0) is 11.5. The van der Waals surface area contributed by atoms with E-state index in [4.69, 9.17) is 0 Å². The predicted molar refractivity (Wildman–Crippen MR) is 68.1 cm³/mol. The molecule has 0 amide bonds. The topological polar surface area (TPSA) is 12.0 Å². The van der Waals surface area contributed by atoms with Crippen molar-refractivity contribution >= 4 is 15.9 Å². The summed E-state index contributed by atoms with van der Waals surface area (Å²) in [5, 5.41) is 3.34. The molecule has 88 valence electrons. The largest absolute Gasteiger partial charge is 0.317 e. The second-order valence-electron chi connectivity index (χ2n) is 4.55. The maximum absolute atomic E-state index is 13.7. The van der Waals surface area contributed by atoms with Crippen molar-refractivity contribution in [2.24, 2.45) is 5.92 Å². The maximum Gasteiger partial charge on any atom is 0.127 e. The lowest BCUT2D eigenvalue weighted by atomic mass is 9.90. The lowest BCUT2D eigenvalue weighted by molar-refractivity contribution is 0.368. The molecule has 3 heteroatoms. The Kier molecular flexibility index (Phi) is 3.98. The number of benzene rings is 1. The maximum atomic E-state index is 13.7. The van der Waals surface area contributed by atoms with Gasteiger partial charge >= 0.3 is 0 Å². The van der Waals surface area contributed by atoms with Crippen LogP contribution in [0.2, 0.25) is 0 Å². The third-order valence-corrected chi connectivity index (χ3v) is 4.43. The number of piperidine rings is 1. The van der Waals surface area contributed by atoms with Crippen molar-refractivity contribution in [1.82, 2.24) is 5.32 Å². The highest BCUT2D eigenvalue weighted by molar-refractivity contribution is 9.10. The van der Waals surface area contributed by atoms with Gasteiger partial charge in [-0.2, -0.15) is 0 Å². The van der Waals surface area contributed by atoms with Crippen LogP contribution in [0, 0.1) is 18.7 Å². The average Bonchev–Trinajstić information content (AvgIpc) is 2.31. The minimum Gasteiger partial charge on any atom is -0.317 e. The van der Waals surface area contributed by atoms with E-state index in [1.165, 1.54) is 0 Å². The number of hydrogen-bond donors (Lipinski definition) is 1. The molecule has 2 rings (SSSR count). The fourth-order valence-electron chi connectivity index (χ4n) is 2.28. The van der Waals surface area contributed by atoms with Crippen molar-refractivity contribution in [3.8, 4) is 0 Å². The van der Waals surface area contributed by atoms with Crippen LogP contribution >= 0.6 is 15.9 Å². The SMILES string of the molecule is Cc1ccc(F)c(CC2CCNCC2)c1Br. The Morgan fingerprint density at radius 2 is 2.06 bits per heavy atom. The molecule has 0 saturated carbocycles. The third kappa shape index (κ3) is 2.64. The molecule has 1 aliphatic rings. The molecule has 1 heterocycles. The van der Waals surface area contributed by atoms with Gasteiger partial charge in [0.25, 0.3) is 0 Å². The van der Waals surface area contributed by atoms with Crippen LogP contribution in [0.15, 0.2) is 16.6 Å². The standard InChI is InChI=1S/C13H17BrFN/c1-9-2-3-12(15)11(13(9)14)8-10-4-6-16-7-5-10/h2-3,10,16H,4-8H2,1H3. The predicted octanol–water partition coefficient (Wildman–Crippen LogP) is 3.44. The molecular weight excluding hydrogens is 269 g/mol. The highest BCUT2D eigenvalue weighted by Gasteiger charge is 2.17. The van der Waals surface area contributed by atoms with E-state index in [0.29, 0.717) is 5.92 Å². The Morgan fingerprint density at radius 3 is 2.75 bits per heavy atom. The minimum absolute atomic E-state index is 0.0731. The Labute approximate surface area is 105 Å². The molecule has 0 spiro atoms. The van der Waals surface area contributed by atoms with E-state index >= 15 is 0 Å². The molecule has 0 aromatic heterocycles. The Hall–Kier alpha value is -0.410. The van der Waals surface area contributed by atoms with Crippen molar-refractivity contribution in [1.29, 1.82) is 0 Å². The highest BCUT2D eigenvalue weighted by Crippen LogP contribution is 2.28. The summed E-state index contributed by atoms with van der Waals surface area (Å²) in [4.78, 5) is 0. The summed E-state index contributed by atoms with van der Waals surface area (Å²) >= 11 is 3.50. The van der Waals surface area contributed by atoms with Crippen LogP contribution in [0.3, 0.4) is 0 Å². The van der Waals surface area contributed by atoms with E-state index in [-0.39, 0.29) is 5.82 Å². The summed E-state index contributed by atoms with van der Waals surface area (Å²) in [6, 6.07) is 3.40. The molecule has 1 N–H and O–H groups in total. The van der Waals surface area contributed by atoms with Gasteiger partial charge in [-0.05, 0) is 56.8 Å². The fourth-order valence-corrected chi connectivity index (χ4v) is 2.76. The van der Waals surface area contributed by atoms with Crippen LogP contribution in [0.4, 0.5) is 4.39 Å². The molecule has 1 fully saturated rings. The first-order valence-corrected chi connectivity index (χ1v) is 6.62. The Morgan fingerprint density at radius 1 is 1.38 bits per heavy atom. The summed E-state index contributed by atoms with van der Waals surface area (Å²) < 4.78 is 14.7. The van der Waals surface area contributed by atoms with Crippen LogP contribution < -0.4 is 5.32 Å². The van der Waals surface area contributed by atoms with E-state index in [1.54, 1.807) is 6.07 Å². The molecule has 0 atom stereocenters. The van der Waals surface area contributed by atoms with Crippen LogP contribution in [-0.2, 0) is 6.42 Å². The smallest absolute Gasteiger partial charge is 0.127 e. The van der Waals surface area contributed by atoms with Gasteiger partial charge in [-0.1, -0.05) is 22.0 Å². The van der Waals surface area contributed by atoms with Crippen LogP contribution in [-0.4, -0.2) is 13.1 Å². The summed E-state index contributed by atoms with van der Waals surface area (Å²) in [7, 11) is 0. The fraction of sp³-hybridized carbons (Fsp3) is 0.538. The molecule has 0 unspecified atom stereocenters. The van der Waals surface area contributed by atoms with Gasteiger partial charge in [0.05, 0.1) is 0 Å². The molecule has 16 heavy (non-hydrogen) atoms. The van der Waals surface area contributed by atoms with Crippen molar-refractivity contribution in [3.63, 3.8) is 0 Å². The van der Waals surface area contributed by atoms with E-state index < -0.39 is 0 Å². The van der Waals surface area contributed by atoms with Gasteiger partial charge in [-0.25, -0.2) is 4.39 Å². The van der Waals surface area contributed by atoms with Crippen molar-refractivity contribution in [3.05, 3.63) is 33.5 Å². The van der Waals surface area contributed by atoms with E-state index in [1.807, 2.05) is 13.0 Å². The number of halogens is 2. The third-order valence-electron chi connectivity index (χ3n) is 3.33.